The van der Waals surface area contributed by atoms with Gasteiger partial charge in [-0.2, -0.15) is 0 Å². The molecule has 0 heterocycles. The largest absolute Gasteiger partial charge is 0.445 e. The van der Waals surface area contributed by atoms with Crippen LogP contribution in [0.3, 0.4) is 0 Å². The molecular weight excluding hydrogens is 494 g/mol. The van der Waals surface area contributed by atoms with Crippen molar-refractivity contribution in [1.29, 1.82) is 0 Å². The Kier molecular flexibility index (Phi) is 11.5. The minimum atomic E-state index is -0.917. The Bertz CT molecular complexity index is 1170. The second kappa shape index (κ2) is 15.3. The van der Waals surface area contributed by atoms with Gasteiger partial charge in [-0.3, -0.25) is 9.59 Å². The second-order valence-corrected chi connectivity index (χ2v) is 9.81. The molecule has 4 N–H and O–H groups in total. The molecule has 0 spiro atoms. The molecule has 0 saturated carbocycles. The highest BCUT2D eigenvalue weighted by Gasteiger charge is 2.28. The fraction of sp³-hybridized carbons (Fsp3) is 0.323. The fourth-order valence-electron chi connectivity index (χ4n) is 4.05. The van der Waals surface area contributed by atoms with Gasteiger partial charge in [-0.25, -0.2) is 4.79 Å². The van der Waals surface area contributed by atoms with E-state index in [9.17, 15) is 19.5 Å². The van der Waals surface area contributed by atoms with E-state index in [1.54, 1.807) is 12.1 Å². The molecule has 0 fully saturated rings. The van der Waals surface area contributed by atoms with Crippen LogP contribution in [0, 0.1) is 5.92 Å². The molecule has 0 aliphatic carbocycles. The molecule has 39 heavy (non-hydrogen) atoms. The third kappa shape index (κ3) is 10.2. The molecule has 0 bridgehead atoms. The number of hydrogen-bond acceptors (Lipinski definition) is 5. The number of carbonyl (C=O) groups is 3. The number of hydrogen-bond donors (Lipinski definition) is 4. The van der Waals surface area contributed by atoms with Gasteiger partial charge >= 0.3 is 6.09 Å². The first-order valence-electron chi connectivity index (χ1n) is 13.1. The van der Waals surface area contributed by atoms with Gasteiger partial charge in [0.2, 0.25) is 11.8 Å². The molecule has 3 rings (SSSR count). The molecule has 8 nitrogen and oxygen atoms in total. The molecule has 3 aromatic rings. The average molecular weight is 532 g/mol. The maximum absolute atomic E-state index is 13.3. The van der Waals surface area contributed by atoms with Crippen LogP contribution in [0.25, 0.3) is 0 Å². The Morgan fingerprint density at radius 2 is 1.31 bits per heavy atom. The van der Waals surface area contributed by atoms with E-state index in [1.165, 1.54) is 0 Å². The maximum atomic E-state index is 13.3. The quantitative estimate of drug-likeness (QED) is 0.267. The van der Waals surface area contributed by atoms with Crippen molar-refractivity contribution in [2.24, 2.45) is 5.92 Å². The summed E-state index contributed by atoms with van der Waals surface area (Å²) in [6.07, 6.45) is -1.00. The summed E-state index contributed by atoms with van der Waals surface area (Å²) in [5.41, 5.74) is 2.36. The number of nitrogens with one attached hydrogen (secondary N) is 3. The topological polar surface area (TPSA) is 117 Å². The zero-order valence-electron chi connectivity index (χ0n) is 22.4. The van der Waals surface area contributed by atoms with Crippen LogP contribution in [0.1, 0.15) is 43.1 Å². The summed E-state index contributed by atoms with van der Waals surface area (Å²) in [6, 6.07) is 25.8. The van der Waals surface area contributed by atoms with Crippen LogP contribution in [-0.2, 0) is 27.4 Å². The number of aliphatic hydroxyl groups is 1. The molecule has 3 atom stereocenters. The molecule has 0 radical (unpaired) electrons. The molecule has 206 valence electrons. The van der Waals surface area contributed by atoms with E-state index in [2.05, 4.69) is 16.0 Å². The fourth-order valence-corrected chi connectivity index (χ4v) is 4.05. The first-order valence-corrected chi connectivity index (χ1v) is 13.1. The number of carbonyl (C=O) groups excluding carboxylic acids is 3. The Hall–Kier alpha value is -4.17. The van der Waals surface area contributed by atoms with Gasteiger partial charge in [0.05, 0.1) is 6.10 Å². The SMILES string of the molecule is CC(C)C[C@H](NC(=O)OCc1ccccc1)C(=O)N[C@@H](Cc1ccccc1)C(=O)NCC(O)c1ccccc1. The third-order valence-electron chi connectivity index (χ3n) is 6.10. The van der Waals surface area contributed by atoms with Crippen molar-refractivity contribution in [1.82, 2.24) is 16.0 Å². The van der Waals surface area contributed by atoms with Crippen LogP contribution in [0.4, 0.5) is 4.79 Å². The van der Waals surface area contributed by atoms with Crippen molar-refractivity contribution in [2.75, 3.05) is 6.54 Å². The summed E-state index contributed by atoms with van der Waals surface area (Å²) in [4.78, 5) is 39.1. The van der Waals surface area contributed by atoms with Crippen LogP contribution in [-0.4, -0.2) is 41.6 Å². The van der Waals surface area contributed by atoms with E-state index < -0.39 is 36.1 Å². The molecule has 3 amide bonds. The van der Waals surface area contributed by atoms with Crippen LogP contribution in [0.15, 0.2) is 91.0 Å². The minimum absolute atomic E-state index is 0.0104. The predicted molar refractivity (Wildman–Crippen MR) is 149 cm³/mol. The highest BCUT2D eigenvalue weighted by molar-refractivity contribution is 5.91. The summed E-state index contributed by atoms with van der Waals surface area (Å²) >= 11 is 0. The Labute approximate surface area is 229 Å². The van der Waals surface area contributed by atoms with Crippen LogP contribution in [0.5, 0.6) is 0 Å². The molecule has 0 saturated heterocycles. The molecule has 8 heteroatoms. The van der Waals surface area contributed by atoms with Gasteiger partial charge in [0.25, 0.3) is 0 Å². The van der Waals surface area contributed by atoms with E-state index in [0.29, 0.717) is 12.0 Å². The van der Waals surface area contributed by atoms with E-state index in [4.69, 9.17) is 4.74 Å². The van der Waals surface area contributed by atoms with Gasteiger partial charge in [0.15, 0.2) is 0 Å². The molecule has 3 aromatic carbocycles. The lowest BCUT2D eigenvalue weighted by atomic mass is 10.0. The normalized spacial score (nSPS) is 13.1. The second-order valence-electron chi connectivity index (χ2n) is 9.81. The van der Waals surface area contributed by atoms with Crippen molar-refractivity contribution in [3.8, 4) is 0 Å². The van der Waals surface area contributed by atoms with Crippen molar-refractivity contribution in [3.63, 3.8) is 0 Å². The zero-order chi connectivity index (χ0) is 28.0. The summed E-state index contributed by atoms with van der Waals surface area (Å²) in [7, 11) is 0. The Balaban J connectivity index is 1.66. The predicted octanol–water partition coefficient (Wildman–Crippen LogP) is 3.90. The smallest absolute Gasteiger partial charge is 0.408 e. The minimum Gasteiger partial charge on any atom is -0.445 e. The van der Waals surface area contributed by atoms with Crippen LogP contribution >= 0.6 is 0 Å². The van der Waals surface area contributed by atoms with Gasteiger partial charge in [-0.05, 0) is 29.0 Å². The van der Waals surface area contributed by atoms with Gasteiger partial charge in [0, 0.05) is 13.0 Å². The van der Waals surface area contributed by atoms with Gasteiger partial charge < -0.3 is 25.8 Å². The van der Waals surface area contributed by atoms with Crippen molar-refractivity contribution < 1.29 is 24.2 Å². The number of amides is 3. The number of aliphatic hydroxyl groups excluding tert-OH is 1. The molecular formula is C31H37N3O5. The Morgan fingerprint density at radius 3 is 1.90 bits per heavy atom. The molecule has 1 unspecified atom stereocenters. The molecule has 0 aliphatic rings. The molecule has 0 aliphatic heterocycles. The maximum Gasteiger partial charge on any atom is 0.408 e. The van der Waals surface area contributed by atoms with Gasteiger partial charge in [-0.1, -0.05) is 105 Å². The lowest BCUT2D eigenvalue weighted by molar-refractivity contribution is -0.130. The number of benzene rings is 3. The number of ether oxygens (including phenoxy) is 1. The number of rotatable bonds is 13. The average Bonchev–Trinajstić information content (AvgIpc) is 2.95. The third-order valence-corrected chi connectivity index (χ3v) is 6.10. The highest BCUT2D eigenvalue weighted by atomic mass is 16.5. The van der Waals surface area contributed by atoms with Crippen LogP contribution in [0.2, 0.25) is 0 Å². The zero-order valence-corrected chi connectivity index (χ0v) is 22.4. The summed E-state index contributed by atoms with van der Waals surface area (Å²) in [6.45, 7) is 3.95. The van der Waals surface area contributed by atoms with Crippen molar-refractivity contribution in [2.45, 2.75) is 51.5 Å². The van der Waals surface area contributed by atoms with Gasteiger partial charge in [-0.15, -0.1) is 0 Å². The molecule has 0 aromatic heterocycles. The monoisotopic (exact) mass is 531 g/mol. The Morgan fingerprint density at radius 1 is 0.744 bits per heavy atom. The van der Waals surface area contributed by atoms with E-state index in [0.717, 1.165) is 11.1 Å². The van der Waals surface area contributed by atoms with Crippen molar-refractivity contribution >= 4 is 17.9 Å². The number of alkyl carbamates (subject to hydrolysis) is 1. The van der Waals surface area contributed by atoms with Crippen LogP contribution < -0.4 is 16.0 Å². The van der Waals surface area contributed by atoms with E-state index >= 15 is 0 Å². The summed E-state index contributed by atoms with van der Waals surface area (Å²) < 4.78 is 5.31. The highest BCUT2D eigenvalue weighted by Crippen LogP contribution is 2.12. The lowest BCUT2D eigenvalue weighted by Gasteiger charge is -2.24. The van der Waals surface area contributed by atoms with E-state index in [1.807, 2.05) is 92.7 Å². The summed E-state index contributed by atoms with van der Waals surface area (Å²) in [5.74, 6) is -0.824. The first-order chi connectivity index (χ1) is 18.8. The van der Waals surface area contributed by atoms with Crippen molar-refractivity contribution in [3.05, 3.63) is 108 Å². The van der Waals surface area contributed by atoms with Gasteiger partial charge in [0.1, 0.15) is 18.7 Å². The van der Waals surface area contributed by atoms with E-state index in [-0.39, 0.29) is 25.5 Å². The summed E-state index contributed by atoms with van der Waals surface area (Å²) in [5, 5.41) is 18.7. The first kappa shape index (κ1) is 29.4. The standard InChI is InChI=1S/C31H37N3O5/c1-22(2)18-26(34-31(38)39-21-24-14-8-4-9-15-24)30(37)33-27(19-23-12-6-3-7-13-23)29(36)32-20-28(35)25-16-10-5-11-17-25/h3-17,22,26-28,35H,18-21H2,1-2H3,(H,32,36)(H,33,37)(H,34,38)/t26-,27-,28?/m0/s1. The lowest BCUT2D eigenvalue weighted by Crippen LogP contribution is -2.55.